The lowest BCUT2D eigenvalue weighted by atomic mass is 10.1. The molecule has 2 aromatic rings. The summed E-state index contributed by atoms with van der Waals surface area (Å²) in [7, 11) is 0. The Morgan fingerprint density at radius 3 is 2.70 bits per heavy atom. The van der Waals surface area contributed by atoms with Gasteiger partial charge in [-0.15, -0.1) is 0 Å². The largest absolute Gasteiger partial charge is 0.471 e. The molecule has 8 nitrogen and oxygen atoms in total. The molecule has 0 saturated carbocycles. The zero-order valence-corrected chi connectivity index (χ0v) is 15.1. The number of alkyl halides is 3. The Balaban J connectivity index is 1.56. The molecule has 0 aliphatic carbocycles. The van der Waals surface area contributed by atoms with Gasteiger partial charge in [0, 0.05) is 18.1 Å². The summed E-state index contributed by atoms with van der Waals surface area (Å²) in [4.78, 5) is 45.0. The maximum atomic E-state index is 13.2. The number of rotatable bonds is 1. The van der Waals surface area contributed by atoms with E-state index in [-0.39, 0.29) is 24.2 Å². The van der Waals surface area contributed by atoms with Gasteiger partial charge in [-0.3, -0.25) is 14.6 Å². The van der Waals surface area contributed by atoms with Gasteiger partial charge < -0.3 is 9.80 Å². The van der Waals surface area contributed by atoms with E-state index in [1.807, 2.05) is 6.07 Å². The smallest absolute Gasteiger partial charge is 0.327 e. The van der Waals surface area contributed by atoms with Crippen LogP contribution in [0.1, 0.15) is 12.0 Å². The van der Waals surface area contributed by atoms with Crippen molar-refractivity contribution in [2.75, 3.05) is 11.4 Å². The molecule has 4 heterocycles. The third kappa shape index (κ3) is 2.27. The fourth-order valence-electron chi connectivity index (χ4n) is 4.72. The van der Waals surface area contributed by atoms with Crippen molar-refractivity contribution < 1.29 is 27.6 Å². The molecule has 0 radical (unpaired) electrons. The maximum absolute atomic E-state index is 13.2. The molecule has 4 amide bonds. The number of pyridine rings is 1. The Morgan fingerprint density at radius 1 is 1.23 bits per heavy atom. The number of hydrogen-bond acceptors (Lipinski definition) is 5. The van der Waals surface area contributed by atoms with Crippen LogP contribution in [0.3, 0.4) is 0 Å². The minimum atomic E-state index is -5.05. The number of anilines is 1. The minimum Gasteiger partial charge on any atom is -0.327 e. The average molecular weight is 415 g/mol. The second-order valence-electron chi connectivity index (χ2n) is 7.36. The van der Waals surface area contributed by atoms with Gasteiger partial charge in [-0.25, -0.2) is 9.69 Å². The van der Waals surface area contributed by atoms with E-state index >= 15 is 0 Å². The summed E-state index contributed by atoms with van der Waals surface area (Å²) in [5.41, 5.74) is 0.771. The number of likely N-dealkylation sites (tertiary alicyclic amines) is 1. The van der Waals surface area contributed by atoms with Crippen LogP contribution >= 0.6 is 0 Å². The van der Waals surface area contributed by atoms with Crippen LogP contribution < -0.4 is 4.90 Å². The van der Waals surface area contributed by atoms with Crippen molar-refractivity contribution in [3.05, 3.63) is 36.0 Å². The molecular weight excluding hydrogens is 403 g/mol. The first-order valence-electron chi connectivity index (χ1n) is 9.06. The number of hydrogen-bond donors (Lipinski definition) is 0. The molecule has 3 saturated heterocycles. The lowest BCUT2D eigenvalue weighted by molar-refractivity contribution is -0.188. The predicted molar refractivity (Wildman–Crippen MR) is 94.9 cm³/mol. The molecule has 0 spiro atoms. The van der Waals surface area contributed by atoms with Crippen molar-refractivity contribution >= 4 is 34.4 Å². The van der Waals surface area contributed by atoms with Crippen molar-refractivity contribution in [1.29, 1.82) is 5.26 Å². The van der Waals surface area contributed by atoms with Gasteiger partial charge >= 0.3 is 18.1 Å². The standard InChI is InChI=1S/C19H12F3N5O3/c20-19(21,22)17(29)25-8-10-6-13(25)15-16(28)27(18(30)26(10)15)12-4-3-9(7-23)14-11(12)2-1-5-24-14/h1-5,10,13,15H,6,8H2/t10?,13?,15-/m1/s1. The van der Waals surface area contributed by atoms with E-state index in [1.54, 1.807) is 12.1 Å². The minimum absolute atomic E-state index is 0.132. The van der Waals surface area contributed by atoms with Crippen LogP contribution in [-0.2, 0) is 9.59 Å². The molecule has 3 fully saturated rings. The molecule has 2 bridgehead atoms. The highest BCUT2D eigenvalue weighted by Gasteiger charge is 2.64. The molecule has 5 rings (SSSR count). The summed E-state index contributed by atoms with van der Waals surface area (Å²) in [6.45, 7) is -0.262. The van der Waals surface area contributed by atoms with Gasteiger partial charge in [-0.1, -0.05) is 0 Å². The van der Waals surface area contributed by atoms with Crippen LogP contribution in [0.2, 0.25) is 0 Å². The molecule has 11 heteroatoms. The Labute approximate surface area is 167 Å². The topological polar surface area (TPSA) is 97.6 Å². The molecule has 1 aromatic carbocycles. The van der Waals surface area contributed by atoms with E-state index in [0.29, 0.717) is 15.8 Å². The zero-order chi connectivity index (χ0) is 21.4. The molecule has 1 aromatic heterocycles. The van der Waals surface area contributed by atoms with Crippen molar-refractivity contribution in [3.8, 4) is 6.07 Å². The summed E-state index contributed by atoms with van der Waals surface area (Å²) >= 11 is 0. The van der Waals surface area contributed by atoms with Crippen LogP contribution in [0.15, 0.2) is 30.5 Å². The SMILES string of the molecule is N#Cc1ccc(N2C(=O)[C@H]3C4CC(CN4C(=O)C(F)(F)F)N3C2=O)c2cccnc12. The van der Waals surface area contributed by atoms with Crippen molar-refractivity contribution in [1.82, 2.24) is 14.8 Å². The van der Waals surface area contributed by atoms with Crippen LogP contribution in [-0.4, -0.2) is 63.5 Å². The third-order valence-electron chi connectivity index (χ3n) is 5.88. The first-order valence-corrected chi connectivity index (χ1v) is 9.06. The Kier molecular flexibility index (Phi) is 3.62. The number of imide groups is 1. The maximum Gasteiger partial charge on any atom is 0.471 e. The number of carbonyl (C=O) groups is 3. The van der Waals surface area contributed by atoms with Crippen LogP contribution in [0.5, 0.6) is 0 Å². The monoisotopic (exact) mass is 415 g/mol. The number of nitrogens with zero attached hydrogens (tertiary/aromatic N) is 5. The quantitative estimate of drug-likeness (QED) is 0.662. The molecule has 3 atom stereocenters. The predicted octanol–water partition coefficient (Wildman–Crippen LogP) is 1.79. The first kappa shape index (κ1) is 18.4. The first-order chi connectivity index (χ1) is 14.2. The molecule has 0 N–H and O–H groups in total. The summed E-state index contributed by atoms with van der Waals surface area (Å²) in [6, 6.07) is 4.59. The second kappa shape index (κ2) is 5.91. The van der Waals surface area contributed by atoms with Crippen molar-refractivity contribution in [2.24, 2.45) is 0 Å². The number of carbonyl (C=O) groups excluding carboxylic acids is 3. The van der Waals surface area contributed by atoms with E-state index in [4.69, 9.17) is 0 Å². The summed E-state index contributed by atoms with van der Waals surface area (Å²) in [6.07, 6.45) is -3.44. The number of aromatic nitrogens is 1. The zero-order valence-electron chi connectivity index (χ0n) is 15.1. The number of amides is 4. The fraction of sp³-hybridized carbons (Fsp3) is 0.316. The van der Waals surface area contributed by atoms with E-state index in [2.05, 4.69) is 4.98 Å². The number of halogens is 3. The van der Waals surface area contributed by atoms with E-state index in [9.17, 15) is 32.8 Å². The van der Waals surface area contributed by atoms with E-state index in [1.165, 1.54) is 23.2 Å². The van der Waals surface area contributed by atoms with Crippen molar-refractivity contribution in [2.45, 2.75) is 30.7 Å². The summed E-state index contributed by atoms with van der Waals surface area (Å²) in [5, 5.41) is 9.67. The highest BCUT2D eigenvalue weighted by molar-refractivity contribution is 6.25. The average Bonchev–Trinajstić information content (AvgIpc) is 3.37. The molecule has 3 aliphatic heterocycles. The Morgan fingerprint density at radius 2 is 2.00 bits per heavy atom. The molecule has 30 heavy (non-hydrogen) atoms. The highest BCUT2D eigenvalue weighted by atomic mass is 19.4. The van der Waals surface area contributed by atoms with Gasteiger partial charge in [0.15, 0.2) is 0 Å². The van der Waals surface area contributed by atoms with E-state index < -0.39 is 42.1 Å². The third-order valence-corrected chi connectivity index (χ3v) is 5.88. The molecule has 3 aliphatic rings. The lowest BCUT2D eigenvalue weighted by Crippen LogP contribution is -2.57. The Bertz CT molecular complexity index is 1170. The molecule has 152 valence electrons. The highest BCUT2D eigenvalue weighted by Crippen LogP contribution is 2.44. The van der Waals surface area contributed by atoms with Crippen LogP contribution in [0.4, 0.5) is 23.7 Å². The lowest BCUT2D eigenvalue weighted by Gasteiger charge is -2.35. The summed E-state index contributed by atoms with van der Waals surface area (Å²) in [5.74, 6) is -2.69. The number of fused-ring (bicyclic) bond motifs is 6. The van der Waals surface area contributed by atoms with Gasteiger partial charge in [0.1, 0.15) is 12.1 Å². The number of benzene rings is 1. The molecule has 2 unspecified atom stereocenters. The molecular formula is C19H12F3N5O3. The van der Waals surface area contributed by atoms with Gasteiger partial charge in [-0.2, -0.15) is 18.4 Å². The van der Waals surface area contributed by atoms with Crippen LogP contribution in [0.25, 0.3) is 10.9 Å². The van der Waals surface area contributed by atoms with Crippen molar-refractivity contribution in [3.63, 3.8) is 0 Å². The number of nitriles is 1. The normalized spacial score (nSPS) is 25.3. The fourth-order valence-corrected chi connectivity index (χ4v) is 4.72. The number of piperazine rings is 1. The van der Waals surface area contributed by atoms with Gasteiger partial charge in [-0.05, 0) is 30.7 Å². The van der Waals surface area contributed by atoms with Gasteiger partial charge in [0.25, 0.3) is 5.91 Å². The van der Waals surface area contributed by atoms with E-state index in [0.717, 1.165) is 4.90 Å². The van der Waals surface area contributed by atoms with Gasteiger partial charge in [0.2, 0.25) is 0 Å². The Hall–Kier alpha value is -3.68. The second-order valence-corrected chi connectivity index (χ2v) is 7.36. The van der Waals surface area contributed by atoms with Gasteiger partial charge in [0.05, 0.1) is 28.9 Å². The number of urea groups is 1. The summed E-state index contributed by atoms with van der Waals surface area (Å²) < 4.78 is 38.8. The van der Waals surface area contributed by atoms with Crippen LogP contribution in [0, 0.1) is 11.3 Å².